The number of amides is 1. The number of hydrogen-bond acceptors (Lipinski definition) is 5. The first-order valence-corrected chi connectivity index (χ1v) is 7.88. The summed E-state index contributed by atoms with van der Waals surface area (Å²) in [6.45, 7) is 2.13. The molecule has 9 heteroatoms. The largest absolute Gasteiger partial charge is 0.492 e. The van der Waals surface area contributed by atoms with Crippen molar-refractivity contribution in [1.82, 2.24) is 20.1 Å². The van der Waals surface area contributed by atoms with Gasteiger partial charge < -0.3 is 15.4 Å². The van der Waals surface area contributed by atoms with Crippen molar-refractivity contribution in [2.24, 2.45) is 0 Å². The minimum Gasteiger partial charge on any atom is -0.492 e. The van der Waals surface area contributed by atoms with Crippen LogP contribution in [0.4, 0.5) is 5.69 Å². The summed E-state index contributed by atoms with van der Waals surface area (Å²) in [4.78, 5) is 15.9. The van der Waals surface area contributed by atoms with Crippen LogP contribution in [-0.4, -0.2) is 39.9 Å². The lowest BCUT2D eigenvalue weighted by molar-refractivity contribution is -0.116. The SMILES string of the molecule is Cl.Cl.O=C(CC1CCCN1)Nc1cccc(OCCn2cncn2)c1. The van der Waals surface area contributed by atoms with Gasteiger partial charge in [-0.05, 0) is 31.5 Å². The van der Waals surface area contributed by atoms with E-state index in [1.54, 1.807) is 11.0 Å². The number of aromatic nitrogens is 3. The van der Waals surface area contributed by atoms with Crippen LogP contribution in [0.25, 0.3) is 0 Å². The highest BCUT2D eigenvalue weighted by Crippen LogP contribution is 2.18. The van der Waals surface area contributed by atoms with Gasteiger partial charge in [0.1, 0.15) is 25.0 Å². The van der Waals surface area contributed by atoms with Crippen molar-refractivity contribution in [3.05, 3.63) is 36.9 Å². The molecule has 2 N–H and O–H groups in total. The summed E-state index contributed by atoms with van der Waals surface area (Å²) >= 11 is 0. The zero-order valence-electron chi connectivity index (χ0n) is 13.8. The summed E-state index contributed by atoms with van der Waals surface area (Å²) in [5.41, 5.74) is 0.756. The van der Waals surface area contributed by atoms with Crippen molar-refractivity contribution in [3.8, 4) is 5.75 Å². The summed E-state index contributed by atoms with van der Waals surface area (Å²) in [5.74, 6) is 0.756. The molecule has 1 unspecified atom stereocenters. The van der Waals surface area contributed by atoms with E-state index in [0.29, 0.717) is 25.6 Å². The van der Waals surface area contributed by atoms with Gasteiger partial charge in [-0.25, -0.2) is 9.67 Å². The molecule has 138 valence electrons. The molecule has 1 aromatic carbocycles. The second kappa shape index (κ2) is 10.9. The molecule has 2 aromatic rings. The number of hydrogen-bond donors (Lipinski definition) is 2. The monoisotopic (exact) mass is 387 g/mol. The molecule has 1 aromatic heterocycles. The Kier molecular flexibility index (Phi) is 9.26. The molecule has 1 fully saturated rings. The van der Waals surface area contributed by atoms with E-state index in [9.17, 15) is 4.79 Å². The van der Waals surface area contributed by atoms with E-state index in [1.165, 1.54) is 6.33 Å². The third kappa shape index (κ3) is 6.89. The summed E-state index contributed by atoms with van der Waals surface area (Å²) in [7, 11) is 0. The zero-order chi connectivity index (χ0) is 15.9. The van der Waals surface area contributed by atoms with Crippen LogP contribution in [0.3, 0.4) is 0 Å². The number of nitrogens with zero attached hydrogens (tertiary/aromatic N) is 3. The maximum absolute atomic E-state index is 12.0. The molecule has 0 radical (unpaired) electrons. The van der Waals surface area contributed by atoms with E-state index >= 15 is 0 Å². The van der Waals surface area contributed by atoms with Crippen molar-refractivity contribution in [2.45, 2.75) is 31.8 Å². The van der Waals surface area contributed by atoms with Crippen LogP contribution in [0.5, 0.6) is 5.75 Å². The Morgan fingerprint density at radius 2 is 2.28 bits per heavy atom. The number of carbonyl (C=O) groups is 1. The first-order chi connectivity index (χ1) is 11.3. The Hall–Kier alpha value is -1.83. The van der Waals surface area contributed by atoms with Gasteiger partial charge >= 0.3 is 0 Å². The van der Waals surface area contributed by atoms with Crippen molar-refractivity contribution in [3.63, 3.8) is 0 Å². The summed E-state index contributed by atoms with van der Waals surface area (Å²) < 4.78 is 7.39. The van der Waals surface area contributed by atoms with Gasteiger partial charge in [0.25, 0.3) is 0 Å². The molecule has 0 aliphatic carbocycles. The molecule has 7 nitrogen and oxygen atoms in total. The standard InChI is InChI=1S/C16H21N5O2.2ClH/c22-16(10-13-4-2-6-18-13)20-14-3-1-5-15(9-14)23-8-7-21-12-17-11-19-21;;/h1,3,5,9,11-13,18H,2,4,6-8,10H2,(H,20,22);2*1H. The fraction of sp³-hybridized carbons (Fsp3) is 0.438. The molecular formula is C16H23Cl2N5O2. The molecular weight excluding hydrogens is 365 g/mol. The van der Waals surface area contributed by atoms with Crippen LogP contribution in [0, 0.1) is 0 Å². The second-order valence-electron chi connectivity index (χ2n) is 5.58. The number of halogens is 2. The van der Waals surface area contributed by atoms with Crippen LogP contribution in [0.1, 0.15) is 19.3 Å². The van der Waals surface area contributed by atoms with Gasteiger partial charge in [-0.2, -0.15) is 5.10 Å². The molecule has 1 aliphatic heterocycles. The molecule has 1 amide bonds. The highest BCUT2D eigenvalue weighted by atomic mass is 35.5. The van der Waals surface area contributed by atoms with Crippen LogP contribution in [0.2, 0.25) is 0 Å². The van der Waals surface area contributed by atoms with Gasteiger partial charge in [0.2, 0.25) is 5.91 Å². The molecule has 2 heterocycles. The van der Waals surface area contributed by atoms with E-state index in [-0.39, 0.29) is 30.7 Å². The zero-order valence-corrected chi connectivity index (χ0v) is 15.4. The molecule has 0 spiro atoms. The van der Waals surface area contributed by atoms with Crippen LogP contribution < -0.4 is 15.4 Å². The van der Waals surface area contributed by atoms with E-state index < -0.39 is 0 Å². The van der Waals surface area contributed by atoms with E-state index in [0.717, 1.165) is 30.8 Å². The Labute approximate surface area is 159 Å². The van der Waals surface area contributed by atoms with E-state index in [2.05, 4.69) is 20.7 Å². The number of benzene rings is 1. The third-order valence-electron chi connectivity index (χ3n) is 3.77. The lowest BCUT2D eigenvalue weighted by Gasteiger charge is -2.12. The summed E-state index contributed by atoms with van der Waals surface area (Å²) in [5, 5.41) is 10.3. The van der Waals surface area contributed by atoms with E-state index in [4.69, 9.17) is 4.74 Å². The Morgan fingerprint density at radius 3 is 3.00 bits per heavy atom. The second-order valence-corrected chi connectivity index (χ2v) is 5.58. The minimum atomic E-state index is 0. The van der Waals surface area contributed by atoms with E-state index in [1.807, 2.05) is 24.3 Å². The van der Waals surface area contributed by atoms with Crippen LogP contribution in [0.15, 0.2) is 36.9 Å². The fourth-order valence-electron chi connectivity index (χ4n) is 2.64. The third-order valence-corrected chi connectivity index (χ3v) is 3.77. The maximum Gasteiger partial charge on any atom is 0.225 e. The van der Waals surface area contributed by atoms with Crippen molar-refractivity contribution in [2.75, 3.05) is 18.5 Å². The number of anilines is 1. The highest BCUT2D eigenvalue weighted by Gasteiger charge is 2.17. The predicted molar refractivity (Wildman–Crippen MR) is 101 cm³/mol. The van der Waals surface area contributed by atoms with Crippen molar-refractivity contribution >= 4 is 36.4 Å². The first kappa shape index (κ1) is 21.2. The van der Waals surface area contributed by atoms with Gasteiger partial charge in [0.15, 0.2) is 0 Å². The number of carbonyl (C=O) groups excluding carboxylic acids is 1. The molecule has 1 saturated heterocycles. The van der Waals surface area contributed by atoms with Gasteiger partial charge in [-0.1, -0.05) is 6.07 Å². The van der Waals surface area contributed by atoms with Crippen LogP contribution in [-0.2, 0) is 11.3 Å². The number of ether oxygens (including phenoxy) is 1. The van der Waals surface area contributed by atoms with Gasteiger partial charge in [0, 0.05) is 24.2 Å². The average molecular weight is 388 g/mol. The lowest BCUT2D eigenvalue weighted by Crippen LogP contribution is -2.27. The fourth-order valence-corrected chi connectivity index (χ4v) is 2.64. The molecule has 0 saturated carbocycles. The maximum atomic E-state index is 12.0. The molecule has 0 bridgehead atoms. The van der Waals surface area contributed by atoms with Gasteiger partial charge in [-0.15, -0.1) is 24.8 Å². The normalized spacial score (nSPS) is 15.8. The van der Waals surface area contributed by atoms with Crippen molar-refractivity contribution < 1.29 is 9.53 Å². The Bertz CT molecular complexity index is 633. The summed E-state index contributed by atoms with van der Waals surface area (Å²) in [6, 6.07) is 7.74. The number of nitrogens with one attached hydrogen (secondary N) is 2. The highest BCUT2D eigenvalue weighted by molar-refractivity contribution is 5.91. The van der Waals surface area contributed by atoms with Crippen LogP contribution >= 0.6 is 24.8 Å². The molecule has 1 atom stereocenters. The minimum absolute atomic E-state index is 0. The lowest BCUT2D eigenvalue weighted by atomic mass is 10.1. The molecule has 25 heavy (non-hydrogen) atoms. The smallest absolute Gasteiger partial charge is 0.225 e. The Balaban J connectivity index is 0.00000156. The molecule has 3 rings (SSSR count). The van der Waals surface area contributed by atoms with Crippen molar-refractivity contribution in [1.29, 1.82) is 0 Å². The quantitative estimate of drug-likeness (QED) is 0.761. The van der Waals surface area contributed by atoms with Gasteiger partial charge in [0.05, 0.1) is 6.54 Å². The first-order valence-electron chi connectivity index (χ1n) is 7.88. The van der Waals surface area contributed by atoms with Gasteiger partial charge in [-0.3, -0.25) is 4.79 Å². The Morgan fingerprint density at radius 1 is 1.40 bits per heavy atom. The average Bonchev–Trinajstić information content (AvgIpc) is 3.21. The topological polar surface area (TPSA) is 81.1 Å². The summed E-state index contributed by atoms with van der Waals surface area (Å²) in [6.07, 6.45) is 5.87. The predicted octanol–water partition coefficient (Wildman–Crippen LogP) is 2.28. The number of rotatable bonds is 7. The molecule has 1 aliphatic rings.